The molecule has 1 N–H and O–H groups in total. The number of carbonyl (C=O) groups excluding carboxylic acids is 4. The second-order valence-corrected chi connectivity index (χ2v) is 8.31. The van der Waals surface area contributed by atoms with E-state index in [0.717, 1.165) is 22.4 Å². The molecule has 0 unspecified atom stereocenters. The Morgan fingerprint density at radius 3 is 2.10 bits per heavy atom. The van der Waals surface area contributed by atoms with Gasteiger partial charge in [-0.05, 0) is 44.7 Å². The molecule has 1 aliphatic heterocycles. The first-order valence-corrected chi connectivity index (χ1v) is 10.3. The summed E-state index contributed by atoms with van der Waals surface area (Å²) in [6, 6.07) is 3.99. The van der Waals surface area contributed by atoms with Crippen molar-refractivity contribution in [3.05, 3.63) is 41.0 Å². The Morgan fingerprint density at radius 1 is 1.03 bits per heavy atom. The van der Waals surface area contributed by atoms with Crippen LogP contribution in [0.3, 0.4) is 0 Å². The van der Waals surface area contributed by atoms with Crippen LogP contribution in [-0.4, -0.2) is 53.6 Å². The van der Waals surface area contributed by atoms with Gasteiger partial charge in [-0.15, -0.1) is 0 Å². The molecular weight excluding hydrogens is 382 g/mol. The van der Waals surface area contributed by atoms with E-state index in [4.69, 9.17) is 0 Å². The lowest BCUT2D eigenvalue weighted by atomic mass is 9.85. The first-order chi connectivity index (χ1) is 14.2. The molecule has 1 fully saturated rings. The molecular formula is C23H29N3O4. The minimum absolute atomic E-state index is 0.0106. The minimum atomic E-state index is -0.290. The maximum atomic E-state index is 12.5. The number of imide groups is 1. The third-order valence-electron chi connectivity index (χ3n) is 5.90. The largest absolute Gasteiger partial charge is 0.336 e. The number of rotatable bonds is 6. The van der Waals surface area contributed by atoms with E-state index in [1.54, 1.807) is 7.05 Å². The third kappa shape index (κ3) is 4.45. The van der Waals surface area contributed by atoms with Gasteiger partial charge in [-0.25, -0.2) is 0 Å². The van der Waals surface area contributed by atoms with E-state index in [-0.39, 0.29) is 55.0 Å². The third-order valence-corrected chi connectivity index (χ3v) is 5.90. The SMILES string of the molecule is Cc1cc(C)c(NC(=O)CN(C)C(=O)CCN2C(=O)[C@@H]3CC=CC[C@H]3C2=O)c(C)c1. The van der Waals surface area contributed by atoms with Crippen LogP contribution in [0.2, 0.25) is 0 Å². The molecule has 1 heterocycles. The number of anilines is 1. The van der Waals surface area contributed by atoms with Crippen LogP contribution < -0.4 is 5.32 Å². The van der Waals surface area contributed by atoms with Gasteiger partial charge in [0.15, 0.2) is 0 Å². The van der Waals surface area contributed by atoms with E-state index in [9.17, 15) is 19.2 Å². The fourth-order valence-corrected chi connectivity index (χ4v) is 4.35. The number of fused-ring (bicyclic) bond motifs is 1. The number of allylic oxidation sites excluding steroid dienone is 2. The van der Waals surface area contributed by atoms with Crippen LogP contribution >= 0.6 is 0 Å². The highest BCUT2D eigenvalue weighted by molar-refractivity contribution is 6.05. The summed E-state index contributed by atoms with van der Waals surface area (Å²) in [4.78, 5) is 52.4. The molecule has 160 valence electrons. The first kappa shape index (κ1) is 21.7. The number of nitrogens with zero attached hydrogens (tertiary/aromatic N) is 2. The molecule has 2 atom stereocenters. The number of likely N-dealkylation sites (tertiary alicyclic amines) is 1. The number of hydrogen-bond donors (Lipinski definition) is 1. The summed E-state index contributed by atoms with van der Waals surface area (Å²) in [5.74, 6) is -1.52. The Morgan fingerprint density at radius 2 is 1.57 bits per heavy atom. The Kier molecular flexibility index (Phi) is 6.39. The van der Waals surface area contributed by atoms with Gasteiger partial charge in [-0.1, -0.05) is 29.8 Å². The van der Waals surface area contributed by atoms with Crippen LogP contribution in [-0.2, 0) is 19.2 Å². The Hall–Kier alpha value is -2.96. The molecule has 2 aliphatic rings. The molecule has 0 bridgehead atoms. The molecule has 7 nitrogen and oxygen atoms in total. The molecule has 3 rings (SSSR count). The van der Waals surface area contributed by atoms with Gasteiger partial charge in [0.05, 0.1) is 18.4 Å². The number of hydrogen-bond acceptors (Lipinski definition) is 4. The number of nitrogens with one attached hydrogen (secondary N) is 1. The molecule has 4 amide bonds. The molecule has 7 heteroatoms. The van der Waals surface area contributed by atoms with Crippen molar-refractivity contribution in [1.82, 2.24) is 9.80 Å². The summed E-state index contributed by atoms with van der Waals surface area (Å²) in [6.07, 6.45) is 5.04. The zero-order valence-corrected chi connectivity index (χ0v) is 18.0. The molecule has 1 aromatic rings. The maximum Gasteiger partial charge on any atom is 0.243 e. The molecule has 0 radical (unpaired) electrons. The van der Waals surface area contributed by atoms with Crippen LogP contribution in [0, 0.1) is 32.6 Å². The van der Waals surface area contributed by atoms with Crippen LogP contribution in [0.15, 0.2) is 24.3 Å². The quantitative estimate of drug-likeness (QED) is 0.575. The van der Waals surface area contributed by atoms with Crippen LogP contribution in [0.25, 0.3) is 0 Å². The van der Waals surface area contributed by atoms with E-state index in [1.807, 2.05) is 45.1 Å². The van der Waals surface area contributed by atoms with E-state index in [0.29, 0.717) is 12.8 Å². The zero-order valence-electron chi connectivity index (χ0n) is 18.0. The highest BCUT2D eigenvalue weighted by Gasteiger charge is 2.46. The topological polar surface area (TPSA) is 86.8 Å². The van der Waals surface area contributed by atoms with Gasteiger partial charge in [0, 0.05) is 25.7 Å². The zero-order chi connectivity index (χ0) is 22.0. The van der Waals surface area contributed by atoms with Crippen molar-refractivity contribution in [1.29, 1.82) is 0 Å². The summed E-state index contributed by atoms with van der Waals surface area (Å²) in [5.41, 5.74) is 3.82. The van der Waals surface area contributed by atoms with Crippen LogP contribution in [0.4, 0.5) is 5.69 Å². The van der Waals surface area contributed by atoms with Gasteiger partial charge in [-0.3, -0.25) is 24.1 Å². The van der Waals surface area contributed by atoms with Gasteiger partial charge < -0.3 is 10.2 Å². The smallest absolute Gasteiger partial charge is 0.243 e. The number of carbonyl (C=O) groups is 4. The highest BCUT2D eigenvalue weighted by Crippen LogP contribution is 2.35. The molecule has 0 saturated carbocycles. The predicted molar refractivity (Wildman–Crippen MR) is 114 cm³/mol. The van der Waals surface area contributed by atoms with Crippen molar-refractivity contribution >= 4 is 29.3 Å². The number of amides is 4. The van der Waals surface area contributed by atoms with Crippen LogP contribution in [0.5, 0.6) is 0 Å². The van der Waals surface area contributed by atoms with Gasteiger partial charge in [0.2, 0.25) is 23.6 Å². The summed E-state index contributed by atoms with van der Waals surface area (Å²) in [7, 11) is 1.55. The highest BCUT2D eigenvalue weighted by atomic mass is 16.2. The Labute approximate surface area is 177 Å². The van der Waals surface area contributed by atoms with Crippen molar-refractivity contribution < 1.29 is 19.2 Å². The Balaban J connectivity index is 1.52. The van der Waals surface area contributed by atoms with Gasteiger partial charge in [0.25, 0.3) is 0 Å². The molecule has 30 heavy (non-hydrogen) atoms. The van der Waals surface area contributed by atoms with E-state index >= 15 is 0 Å². The lowest BCUT2D eigenvalue weighted by Gasteiger charge is -2.20. The fourth-order valence-electron chi connectivity index (χ4n) is 4.35. The minimum Gasteiger partial charge on any atom is -0.336 e. The summed E-state index contributed by atoms with van der Waals surface area (Å²) in [6.45, 7) is 5.83. The fraction of sp³-hybridized carbons (Fsp3) is 0.478. The molecule has 1 aromatic carbocycles. The second-order valence-electron chi connectivity index (χ2n) is 8.31. The maximum absolute atomic E-state index is 12.5. The van der Waals surface area contributed by atoms with E-state index in [2.05, 4.69) is 5.32 Å². The lowest BCUT2D eigenvalue weighted by Crippen LogP contribution is -2.38. The van der Waals surface area contributed by atoms with Gasteiger partial charge in [-0.2, -0.15) is 0 Å². The summed E-state index contributed by atoms with van der Waals surface area (Å²) in [5, 5.41) is 2.88. The van der Waals surface area contributed by atoms with Crippen molar-refractivity contribution in [2.75, 3.05) is 25.5 Å². The molecule has 1 saturated heterocycles. The molecule has 1 aliphatic carbocycles. The van der Waals surface area contributed by atoms with Crippen molar-refractivity contribution in [3.8, 4) is 0 Å². The normalized spacial score (nSPS) is 20.3. The van der Waals surface area contributed by atoms with Crippen molar-refractivity contribution in [3.63, 3.8) is 0 Å². The van der Waals surface area contributed by atoms with Gasteiger partial charge in [0.1, 0.15) is 0 Å². The van der Waals surface area contributed by atoms with E-state index in [1.165, 1.54) is 9.80 Å². The summed E-state index contributed by atoms with van der Waals surface area (Å²) >= 11 is 0. The number of benzene rings is 1. The molecule has 0 aromatic heterocycles. The monoisotopic (exact) mass is 411 g/mol. The second kappa shape index (κ2) is 8.81. The van der Waals surface area contributed by atoms with Crippen LogP contribution in [0.1, 0.15) is 36.0 Å². The Bertz CT molecular complexity index is 872. The summed E-state index contributed by atoms with van der Waals surface area (Å²) < 4.78 is 0. The van der Waals surface area contributed by atoms with Crippen molar-refractivity contribution in [2.45, 2.75) is 40.0 Å². The van der Waals surface area contributed by atoms with Crippen molar-refractivity contribution in [2.24, 2.45) is 11.8 Å². The average Bonchev–Trinajstić information content (AvgIpc) is 2.93. The van der Waals surface area contributed by atoms with E-state index < -0.39 is 0 Å². The average molecular weight is 412 g/mol. The molecule has 0 spiro atoms. The standard InChI is InChI=1S/C23H29N3O4/c1-14-11-15(2)21(16(3)12-14)24-19(27)13-25(4)20(28)9-10-26-22(29)17-7-5-6-8-18(17)23(26)30/h5-6,11-12,17-18H,7-10,13H2,1-4H3,(H,24,27)/t17-,18-/m1/s1. The number of aryl methyl sites for hydroxylation is 3. The lowest BCUT2D eigenvalue weighted by molar-refractivity contribution is -0.141. The first-order valence-electron chi connectivity index (χ1n) is 10.3. The number of likely N-dealkylation sites (N-methyl/N-ethyl adjacent to an activating group) is 1. The van der Waals surface area contributed by atoms with Gasteiger partial charge >= 0.3 is 0 Å². The predicted octanol–water partition coefficient (Wildman–Crippen LogP) is 2.35.